The highest BCUT2D eigenvalue weighted by atomic mass is 32.2. The Morgan fingerprint density at radius 1 is 1.14 bits per heavy atom. The highest BCUT2D eigenvalue weighted by Crippen LogP contribution is 2.38. The van der Waals surface area contributed by atoms with Crippen molar-refractivity contribution < 1.29 is 4.39 Å². The van der Waals surface area contributed by atoms with Gasteiger partial charge in [-0.2, -0.15) is 0 Å². The van der Waals surface area contributed by atoms with E-state index in [0.717, 1.165) is 21.4 Å². The van der Waals surface area contributed by atoms with E-state index in [1.165, 1.54) is 17.8 Å². The third kappa shape index (κ3) is 2.59. The molecule has 0 aliphatic carbocycles. The Kier molecular flexibility index (Phi) is 3.55. The zero-order valence-electron chi connectivity index (χ0n) is 11.9. The fourth-order valence-corrected chi connectivity index (χ4v) is 3.35. The van der Waals surface area contributed by atoms with Crippen LogP contribution >= 0.6 is 11.8 Å². The van der Waals surface area contributed by atoms with Crippen molar-refractivity contribution in [2.45, 2.75) is 23.6 Å². The van der Waals surface area contributed by atoms with E-state index in [2.05, 4.69) is 17.1 Å². The molecule has 2 N–H and O–H groups in total. The topological polar surface area (TPSA) is 38.9 Å². The first kappa shape index (κ1) is 13.9. The average molecular weight is 298 g/mol. The van der Waals surface area contributed by atoms with E-state index in [-0.39, 0.29) is 5.82 Å². The minimum absolute atomic E-state index is 0.329. The number of aryl methyl sites for hydroxylation is 2. The van der Waals surface area contributed by atoms with Crippen molar-refractivity contribution in [2.24, 2.45) is 0 Å². The number of rotatable bonds is 2. The maximum atomic E-state index is 14.4. The number of nitrogens with zero attached hydrogens (tertiary/aromatic N) is 1. The van der Waals surface area contributed by atoms with Crippen LogP contribution in [0.5, 0.6) is 0 Å². The molecule has 4 heteroatoms. The van der Waals surface area contributed by atoms with Crippen molar-refractivity contribution in [1.29, 1.82) is 0 Å². The Hall–Kier alpha value is -2.07. The molecule has 0 bridgehead atoms. The van der Waals surface area contributed by atoms with Gasteiger partial charge in [0.2, 0.25) is 0 Å². The third-order valence-electron chi connectivity index (χ3n) is 3.39. The lowest BCUT2D eigenvalue weighted by Crippen LogP contribution is -1.94. The van der Waals surface area contributed by atoms with Gasteiger partial charge in [0, 0.05) is 22.2 Å². The minimum Gasteiger partial charge on any atom is -0.398 e. The summed E-state index contributed by atoms with van der Waals surface area (Å²) < 4.78 is 14.4. The predicted octanol–water partition coefficient (Wildman–Crippen LogP) is 4.72. The van der Waals surface area contributed by atoms with Gasteiger partial charge in [-0.15, -0.1) is 0 Å². The number of pyridine rings is 1. The molecule has 3 aromatic rings. The Bertz CT molecular complexity index is 830. The van der Waals surface area contributed by atoms with Gasteiger partial charge in [0.05, 0.1) is 10.4 Å². The van der Waals surface area contributed by atoms with Crippen molar-refractivity contribution in [3.8, 4) is 0 Å². The third-order valence-corrected chi connectivity index (χ3v) is 4.64. The summed E-state index contributed by atoms with van der Waals surface area (Å²) in [6.45, 7) is 4.05. The van der Waals surface area contributed by atoms with Crippen LogP contribution < -0.4 is 5.73 Å². The highest BCUT2D eigenvalue weighted by molar-refractivity contribution is 7.99. The molecular weight excluding hydrogens is 283 g/mol. The van der Waals surface area contributed by atoms with Crippen LogP contribution in [0.15, 0.2) is 52.4 Å². The molecule has 0 atom stereocenters. The van der Waals surface area contributed by atoms with Gasteiger partial charge in [-0.3, -0.25) is 4.98 Å². The number of anilines is 1. The number of benzene rings is 2. The van der Waals surface area contributed by atoms with Gasteiger partial charge in [-0.05, 0) is 49.2 Å². The Morgan fingerprint density at radius 3 is 2.76 bits per heavy atom. The Morgan fingerprint density at radius 2 is 1.95 bits per heavy atom. The number of fused-ring (bicyclic) bond motifs is 1. The molecule has 0 aliphatic heterocycles. The second-order valence-electron chi connectivity index (χ2n) is 5.05. The van der Waals surface area contributed by atoms with Crippen LogP contribution in [0.3, 0.4) is 0 Å². The molecule has 106 valence electrons. The Balaban J connectivity index is 2.19. The minimum atomic E-state index is -0.329. The molecule has 0 spiro atoms. The largest absolute Gasteiger partial charge is 0.398 e. The standard InChI is InChI=1S/C17H15FN2S/c1-10-5-6-11(2)15(8-10)21-17-13(18)9-14(19)12-4-3-7-20-16(12)17/h3-9H,19H2,1-2H3. The maximum absolute atomic E-state index is 14.4. The summed E-state index contributed by atoms with van der Waals surface area (Å²) in [5, 5.41) is 0.784. The van der Waals surface area contributed by atoms with Crippen LogP contribution in [-0.4, -0.2) is 4.98 Å². The number of hydrogen-bond donors (Lipinski definition) is 1. The van der Waals surface area contributed by atoms with Gasteiger partial charge >= 0.3 is 0 Å². The zero-order valence-corrected chi connectivity index (χ0v) is 12.7. The number of nitrogens with two attached hydrogens (primary N) is 1. The first-order valence-electron chi connectivity index (χ1n) is 6.64. The molecule has 0 aliphatic rings. The van der Waals surface area contributed by atoms with Crippen LogP contribution in [0, 0.1) is 19.7 Å². The van der Waals surface area contributed by atoms with Gasteiger partial charge < -0.3 is 5.73 Å². The summed E-state index contributed by atoms with van der Waals surface area (Å²) in [5.74, 6) is -0.329. The highest BCUT2D eigenvalue weighted by Gasteiger charge is 2.14. The predicted molar refractivity (Wildman–Crippen MR) is 86.2 cm³/mol. The number of hydrogen-bond acceptors (Lipinski definition) is 3. The fraction of sp³-hybridized carbons (Fsp3) is 0.118. The van der Waals surface area contributed by atoms with Gasteiger partial charge in [-0.25, -0.2) is 4.39 Å². The molecule has 0 unspecified atom stereocenters. The lowest BCUT2D eigenvalue weighted by Gasteiger charge is -2.11. The molecule has 2 nitrogen and oxygen atoms in total. The monoisotopic (exact) mass is 298 g/mol. The molecular formula is C17H15FN2S. The molecule has 0 amide bonds. The van der Waals surface area contributed by atoms with Crippen LogP contribution in [0.25, 0.3) is 10.9 Å². The molecule has 1 aromatic heterocycles. The molecule has 1 heterocycles. The van der Waals surface area contributed by atoms with Gasteiger partial charge in [0.25, 0.3) is 0 Å². The van der Waals surface area contributed by atoms with Crippen LogP contribution in [0.1, 0.15) is 11.1 Å². The maximum Gasteiger partial charge on any atom is 0.141 e. The van der Waals surface area contributed by atoms with Crippen molar-refractivity contribution in [3.63, 3.8) is 0 Å². The van der Waals surface area contributed by atoms with E-state index in [9.17, 15) is 4.39 Å². The first-order valence-corrected chi connectivity index (χ1v) is 7.45. The molecule has 0 saturated heterocycles. The van der Waals surface area contributed by atoms with Gasteiger partial charge in [0.15, 0.2) is 0 Å². The Labute approximate surface area is 127 Å². The zero-order chi connectivity index (χ0) is 15.0. The van der Waals surface area contributed by atoms with E-state index >= 15 is 0 Å². The summed E-state index contributed by atoms with van der Waals surface area (Å²) >= 11 is 1.40. The lowest BCUT2D eigenvalue weighted by atomic mass is 10.2. The number of nitrogen functional groups attached to an aromatic ring is 1. The summed E-state index contributed by atoms with van der Waals surface area (Å²) in [4.78, 5) is 5.86. The molecule has 0 radical (unpaired) electrons. The van der Waals surface area contributed by atoms with Crippen molar-refractivity contribution in [2.75, 3.05) is 5.73 Å². The van der Waals surface area contributed by atoms with E-state index in [1.54, 1.807) is 6.20 Å². The van der Waals surface area contributed by atoms with E-state index in [4.69, 9.17) is 5.73 Å². The second-order valence-corrected chi connectivity index (χ2v) is 6.10. The molecule has 3 rings (SSSR count). The molecule has 0 saturated carbocycles. The van der Waals surface area contributed by atoms with Crippen LogP contribution in [-0.2, 0) is 0 Å². The van der Waals surface area contributed by atoms with Crippen LogP contribution in [0.4, 0.5) is 10.1 Å². The van der Waals surface area contributed by atoms with Gasteiger partial charge in [0.1, 0.15) is 5.82 Å². The SMILES string of the molecule is Cc1ccc(C)c(Sc2c(F)cc(N)c3cccnc23)c1. The molecule has 21 heavy (non-hydrogen) atoms. The van der Waals surface area contributed by atoms with Crippen molar-refractivity contribution in [1.82, 2.24) is 4.98 Å². The smallest absolute Gasteiger partial charge is 0.141 e. The fourth-order valence-electron chi connectivity index (χ4n) is 2.24. The summed E-state index contributed by atoms with van der Waals surface area (Å²) in [7, 11) is 0. The average Bonchev–Trinajstić information content (AvgIpc) is 2.47. The summed E-state index contributed by atoms with van der Waals surface area (Å²) in [6, 6.07) is 11.2. The summed E-state index contributed by atoms with van der Waals surface area (Å²) in [5.41, 5.74) is 9.18. The lowest BCUT2D eigenvalue weighted by molar-refractivity contribution is 0.605. The van der Waals surface area contributed by atoms with Crippen molar-refractivity contribution >= 4 is 28.4 Å². The quantitative estimate of drug-likeness (QED) is 0.695. The molecule has 2 aromatic carbocycles. The summed E-state index contributed by atoms with van der Waals surface area (Å²) in [6.07, 6.45) is 1.66. The second kappa shape index (κ2) is 5.37. The first-order chi connectivity index (χ1) is 10.1. The van der Waals surface area contributed by atoms with Crippen LogP contribution in [0.2, 0.25) is 0 Å². The normalized spacial score (nSPS) is 11.0. The number of aromatic nitrogens is 1. The molecule has 0 fully saturated rings. The van der Waals surface area contributed by atoms with Gasteiger partial charge in [-0.1, -0.05) is 23.9 Å². The van der Waals surface area contributed by atoms with E-state index in [0.29, 0.717) is 16.1 Å². The van der Waals surface area contributed by atoms with E-state index < -0.39 is 0 Å². The number of halogens is 1. The van der Waals surface area contributed by atoms with E-state index in [1.807, 2.05) is 32.0 Å². The van der Waals surface area contributed by atoms with Crippen molar-refractivity contribution in [3.05, 3.63) is 59.5 Å².